The lowest BCUT2D eigenvalue weighted by Crippen LogP contribution is -2.33. The molecule has 1 heterocycles. The molecule has 2 N–H and O–H groups in total. The molecule has 6 heteroatoms. The SMILES string of the molecule is COc1cc(CNCC2CCNCC2)ccc1OCc1c(F)cccc1Cl. The number of hydrogen-bond acceptors (Lipinski definition) is 4. The molecule has 1 fully saturated rings. The van der Waals surface area contributed by atoms with E-state index in [9.17, 15) is 4.39 Å². The Morgan fingerprint density at radius 1 is 1.19 bits per heavy atom. The summed E-state index contributed by atoms with van der Waals surface area (Å²) in [5.74, 6) is 1.56. The van der Waals surface area contributed by atoms with E-state index in [0.29, 0.717) is 22.1 Å². The van der Waals surface area contributed by atoms with Crippen molar-refractivity contribution in [3.8, 4) is 11.5 Å². The highest BCUT2D eigenvalue weighted by Crippen LogP contribution is 2.30. The van der Waals surface area contributed by atoms with Crippen LogP contribution < -0.4 is 20.1 Å². The summed E-state index contributed by atoms with van der Waals surface area (Å²) in [6.45, 7) is 4.07. The van der Waals surface area contributed by atoms with Crippen molar-refractivity contribution in [2.24, 2.45) is 5.92 Å². The standard InChI is InChI=1S/C21H26ClFN2O2/c1-26-21-11-16(13-25-12-15-7-9-24-10-8-15)5-6-20(21)27-14-17-18(22)3-2-4-19(17)23/h2-6,11,15,24-25H,7-10,12-14H2,1H3. The number of rotatable bonds is 8. The van der Waals surface area contributed by atoms with Gasteiger partial charge in [-0.05, 0) is 68.2 Å². The van der Waals surface area contributed by atoms with E-state index < -0.39 is 0 Å². The van der Waals surface area contributed by atoms with Crippen molar-refractivity contribution in [1.29, 1.82) is 0 Å². The van der Waals surface area contributed by atoms with Crippen LogP contribution in [0.2, 0.25) is 5.02 Å². The average molecular weight is 393 g/mol. The third-order valence-electron chi connectivity index (χ3n) is 4.88. The van der Waals surface area contributed by atoms with Crippen LogP contribution in [-0.4, -0.2) is 26.7 Å². The van der Waals surface area contributed by atoms with Gasteiger partial charge in [0.2, 0.25) is 0 Å². The van der Waals surface area contributed by atoms with Crippen LogP contribution >= 0.6 is 11.6 Å². The number of ether oxygens (including phenoxy) is 2. The second-order valence-electron chi connectivity index (χ2n) is 6.80. The van der Waals surface area contributed by atoms with Gasteiger partial charge in [0.1, 0.15) is 12.4 Å². The molecule has 0 aliphatic carbocycles. The molecule has 27 heavy (non-hydrogen) atoms. The lowest BCUT2D eigenvalue weighted by atomic mass is 9.98. The zero-order valence-electron chi connectivity index (χ0n) is 15.6. The van der Waals surface area contributed by atoms with Crippen LogP contribution in [0.1, 0.15) is 24.0 Å². The Hall–Kier alpha value is -1.82. The van der Waals surface area contributed by atoms with Gasteiger partial charge in [0, 0.05) is 12.1 Å². The highest BCUT2D eigenvalue weighted by atomic mass is 35.5. The van der Waals surface area contributed by atoms with Gasteiger partial charge in [-0.25, -0.2) is 4.39 Å². The molecule has 0 unspecified atom stereocenters. The second-order valence-corrected chi connectivity index (χ2v) is 7.21. The smallest absolute Gasteiger partial charge is 0.161 e. The fourth-order valence-corrected chi connectivity index (χ4v) is 3.49. The summed E-state index contributed by atoms with van der Waals surface area (Å²) in [5.41, 5.74) is 1.46. The van der Waals surface area contributed by atoms with Gasteiger partial charge in [-0.1, -0.05) is 23.7 Å². The lowest BCUT2D eigenvalue weighted by molar-refractivity contribution is 0.279. The fourth-order valence-electron chi connectivity index (χ4n) is 3.27. The van der Waals surface area contributed by atoms with Crippen molar-refractivity contribution in [1.82, 2.24) is 10.6 Å². The van der Waals surface area contributed by atoms with Crippen molar-refractivity contribution in [3.63, 3.8) is 0 Å². The molecule has 0 atom stereocenters. The lowest BCUT2D eigenvalue weighted by Gasteiger charge is -2.23. The summed E-state index contributed by atoms with van der Waals surface area (Å²) in [7, 11) is 1.60. The van der Waals surface area contributed by atoms with Gasteiger partial charge in [-0.3, -0.25) is 0 Å². The van der Waals surface area contributed by atoms with E-state index in [1.165, 1.54) is 18.9 Å². The largest absolute Gasteiger partial charge is 0.493 e. The van der Waals surface area contributed by atoms with Gasteiger partial charge in [-0.15, -0.1) is 0 Å². The monoisotopic (exact) mass is 392 g/mol. The van der Waals surface area contributed by atoms with Crippen LogP contribution in [0.3, 0.4) is 0 Å². The Kier molecular flexibility index (Phi) is 7.33. The van der Waals surface area contributed by atoms with Crippen LogP contribution in [0.15, 0.2) is 36.4 Å². The molecule has 0 spiro atoms. The van der Waals surface area contributed by atoms with E-state index in [1.54, 1.807) is 19.2 Å². The van der Waals surface area contributed by atoms with E-state index in [2.05, 4.69) is 10.6 Å². The molecular weight excluding hydrogens is 367 g/mol. The van der Waals surface area contributed by atoms with Crippen LogP contribution in [0.4, 0.5) is 4.39 Å². The average Bonchev–Trinajstić information content (AvgIpc) is 2.69. The Morgan fingerprint density at radius 3 is 2.74 bits per heavy atom. The number of halogens is 2. The van der Waals surface area contributed by atoms with Crippen molar-refractivity contribution < 1.29 is 13.9 Å². The van der Waals surface area contributed by atoms with Gasteiger partial charge in [0.25, 0.3) is 0 Å². The molecule has 1 saturated heterocycles. The highest BCUT2D eigenvalue weighted by molar-refractivity contribution is 6.31. The van der Waals surface area contributed by atoms with Gasteiger partial charge in [0.15, 0.2) is 11.5 Å². The van der Waals surface area contributed by atoms with Crippen molar-refractivity contribution in [2.75, 3.05) is 26.7 Å². The van der Waals surface area contributed by atoms with E-state index in [1.807, 2.05) is 18.2 Å². The number of nitrogens with one attached hydrogen (secondary N) is 2. The number of methoxy groups -OCH3 is 1. The Labute approximate surface area is 165 Å². The fraction of sp³-hybridized carbons (Fsp3) is 0.429. The Morgan fingerprint density at radius 2 is 2.00 bits per heavy atom. The first-order chi connectivity index (χ1) is 13.2. The first kappa shape index (κ1) is 19.9. The summed E-state index contributed by atoms with van der Waals surface area (Å²) in [6.07, 6.45) is 2.45. The summed E-state index contributed by atoms with van der Waals surface area (Å²) in [4.78, 5) is 0. The zero-order chi connectivity index (χ0) is 19.1. The molecule has 146 valence electrons. The summed E-state index contributed by atoms with van der Waals surface area (Å²) >= 11 is 6.05. The molecular formula is C21H26ClFN2O2. The normalized spacial score (nSPS) is 14.9. The maximum Gasteiger partial charge on any atom is 0.161 e. The number of piperidine rings is 1. The predicted molar refractivity (Wildman–Crippen MR) is 106 cm³/mol. The third kappa shape index (κ3) is 5.58. The van der Waals surface area contributed by atoms with E-state index in [0.717, 1.165) is 37.7 Å². The van der Waals surface area contributed by atoms with Crippen LogP contribution in [-0.2, 0) is 13.2 Å². The summed E-state index contributed by atoms with van der Waals surface area (Å²) in [5, 5.41) is 7.26. The molecule has 1 aliphatic heterocycles. The Balaban J connectivity index is 1.57. The highest BCUT2D eigenvalue weighted by Gasteiger charge is 2.13. The first-order valence-electron chi connectivity index (χ1n) is 9.31. The van der Waals surface area contributed by atoms with Gasteiger partial charge in [0.05, 0.1) is 12.1 Å². The minimum Gasteiger partial charge on any atom is -0.493 e. The summed E-state index contributed by atoms with van der Waals surface area (Å²) in [6, 6.07) is 10.4. The maximum atomic E-state index is 13.9. The molecule has 0 saturated carbocycles. The third-order valence-corrected chi connectivity index (χ3v) is 5.24. The zero-order valence-corrected chi connectivity index (χ0v) is 16.3. The molecule has 2 aromatic carbocycles. The van der Waals surface area contributed by atoms with Gasteiger partial charge >= 0.3 is 0 Å². The molecule has 3 rings (SSSR count). The second kappa shape index (κ2) is 9.93. The van der Waals surface area contributed by atoms with E-state index in [-0.39, 0.29) is 12.4 Å². The van der Waals surface area contributed by atoms with Crippen LogP contribution in [0.5, 0.6) is 11.5 Å². The van der Waals surface area contributed by atoms with Crippen LogP contribution in [0, 0.1) is 11.7 Å². The minimum atomic E-state index is -0.375. The quantitative estimate of drug-likeness (QED) is 0.708. The number of benzene rings is 2. The molecule has 0 bridgehead atoms. The van der Waals surface area contributed by atoms with Crippen molar-refractivity contribution in [2.45, 2.75) is 26.0 Å². The molecule has 4 nitrogen and oxygen atoms in total. The van der Waals surface area contributed by atoms with E-state index in [4.69, 9.17) is 21.1 Å². The van der Waals surface area contributed by atoms with Gasteiger partial charge in [-0.2, -0.15) is 0 Å². The molecule has 0 amide bonds. The molecule has 0 aromatic heterocycles. The maximum absolute atomic E-state index is 13.9. The predicted octanol–water partition coefficient (Wildman–Crippen LogP) is 4.16. The van der Waals surface area contributed by atoms with Crippen molar-refractivity contribution >= 4 is 11.6 Å². The molecule has 0 radical (unpaired) electrons. The molecule has 2 aromatic rings. The van der Waals surface area contributed by atoms with Crippen LogP contribution in [0.25, 0.3) is 0 Å². The summed E-state index contributed by atoms with van der Waals surface area (Å²) < 4.78 is 25.1. The van der Waals surface area contributed by atoms with Crippen molar-refractivity contribution in [3.05, 3.63) is 58.4 Å². The van der Waals surface area contributed by atoms with E-state index >= 15 is 0 Å². The Bertz CT molecular complexity index is 731. The van der Waals surface area contributed by atoms with Gasteiger partial charge < -0.3 is 20.1 Å². The number of hydrogen-bond donors (Lipinski definition) is 2. The molecule has 1 aliphatic rings. The first-order valence-corrected chi connectivity index (χ1v) is 9.69. The topological polar surface area (TPSA) is 42.5 Å². The minimum absolute atomic E-state index is 0.0508.